The Kier molecular flexibility index (Phi) is 3.13. The van der Waals surface area contributed by atoms with Crippen LogP contribution in [0.3, 0.4) is 0 Å². The Balaban J connectivity index is 2.00. The van der Waals surface area contributed by atoms with Gasteiger partial charge in [0.1, 0.15) is 0 Å². The molecule has 6 nitrogen and oxygen atoms in total. The van der Waals surface area contributed by atoms with Gasteiger partial charge < -0.3 is 4.90 Å². The minimum absolute atomic E-state index is 0.103. The quantitative estimate of drug-likeness (QED) is 0.874. The van der Waals surface area contributed by atoms with E-state index in [1.807, 2.05) is 43.3 Å². The molecule has 1 aliphatic rings. The van der Waals surface area contributed by atoms with Gasteiger partial charge in [-0.2, -0.15) is 0 Å². The molecule has 0 atom stereocenters. The maximum Gasteiger partial charge on any atom is 0.259 e. The predicted octanol–water partition coefficient (Wildman–Crippen LogP) is 1.50. The van der Waals surface area contributed by atoms with Crippen molar-refractivity contribution < 1.29 is 0 Å². The van der Waals surface area contributed by atoms with Gasteiger partial charge >= 0.3 is 0 Å². The van der Waals surface area contributed by atoms with Gasteiger partial charge in [-0.3, -0.25) is 20.2 Å². The summed E-state index contributed by atoms with van der Waals surface area (Å²) in [6.45, 7) is 1.79. The van der Waals surface area contributed by atoms with Gasteiger partial charge in [-0.25, -0.2) is 4.98 Å². The molecule has 2 N–H and O–H groups in total. The van der Waals surface area contributed by atoms with E-state index in [-0.39, 0.29) is 5.56 Å². The number of hydrogen-bond donors (Lipinski definition) is 2. The van der Waals surface area contributed by atoms with Crippen LogP contribution in [0.2, 0.25) is 0 Å². The fraction of sp³-hybridized carbons (Fsp3) is 0.200. The van der Waals surface area contributed by atoms with Crippen molar-refractivity contribution in [1.29, 1.82) is 0 Å². The lowest BCUT2D eigenvalue weighted by Gasteiger charge is -2.21. The SMILES string of the molecule is Cc1cc(=O)n2c(n1)NNC(c1ccc(N(C)C)cc1)=C2. The van der Waals surface area contributed by atoms with E-state index >= 15 is 0 Å². The first-order valence-electron chi connectivity index (χ1n) is 6.66. The monoisotopic (exact) mass is 283 g/mol. The molecule has 2 heterocycles. The van der Waals surface area contributed by atoms with Gasteiger partial charge in [0.25, 0.3) is 5.56 Å². The van der Waals surface area contributed by atoms with Crippen LogP contribution < -0.4 is 21.3 Å². The molecule has 0 unspecified atom stereocenters. The number of nitrogens with one attached hydrogen (secondary N) is 2. The fourth-order valence-electron chi connectivity index (χ4n) is 2.19. The van der Waals surface area contributed by atoms with Gasteiger partial charge in [0, 0.05) is 43.3 Å². The molecule has 21 heavy (non-hydrogen) atoms. The highest BCUT2D eigenvalue weighted by Crippen LogP contribution is 2.20. The van der Waals surface area contributed by atoms with Crippen molar-refractivity contribution in [2.75, 3.05) is 24.4 Å². The van der Waals surface area contributed by atoms with Crippen molar-refractivity contribution in [2.45, 2.75) is 6.92 Å². The summed E-state index contributed by atoms with van der Waals surface area (Å²) in [6, 6.07) is 9.59. The maximum absolute atomic E-state index is 12.0. The van der Waals surface area contributed by atoms with Crippen molar-refractivity contribution in [1.82, 2.24) is 15.0 Å². The Morgan fingerprint density at radius 3 is 2.52 bits per heavy atom. The van der Waals surface area contributed by atoms with Crippen molar-refractivity contribution in [2.24, 2.45) is 0 Å². The van der Waals surface area contributed by atoms with E-state index in [4.69, 9.17) is 0 Å². The van der Waals surface area contributed by atoms with Gasteiger partial charge in [-0.15, -0.1) is 0 Å². The smallest absolute Gasteiger partial charge is 0.259 e. The molecular weight excluding hydrogens is 266 g/mol. The summed E-state index contributed by atoms with van der Waals surface area (Å²) in [5.74, 6) is 0.494. The summed E-state index contributed by atoms with van der Waals surface area (Å²) in [6.07, 6.45) is 1.76. The molecule has 0 aliphatic carbocycles. The molecular formula is C15H17N5O. The molecule has 0 saturated heterocycles. The first-order chi connectivity index (χ1) is 10.0. The van der Waals surface area contributed by atoms with Crippen LogP contribution in [-0.4, -0.2) is 23.6 Å². The Labute approximate surface area is 122 Å². The van der Waals surface area contributed by atoms with Crippen molar-refractivity contribution in [3.63, 3.8) is 0 Å². The van der Waals surface area contributed by atoms with Crippen LogP contribution in [-0.2, 0) is 0 Å². The van der Waals surface area contributed by atoms with E-state index in [1.165, 1.54) is 10.6 Å². The zero-order valence-electron chi connectivity index (χ0n) is 12.2. The Hall–Kier alpha value is -2.76. The van der Waals surface area contributed by atoms with E-state index < -0.39 is 0 Å². The number of aromatic nitrogens is 2. The summed E-state index contributed by atoms with van der Waals surface area (Å²) in [7, 11) is 4.00. The molecule has 2 aromatic rings. The molecule has 0 radical (unpaired) electrons. The van der Waals surface area contributed by atoms with Gasteiger partial charge in [0.05, 0.1) is 5.70 Å². The second kappa shape index (κ2) is 4.97. The standard InChI is InChI=1S/C15H17N5O/c1-10-8-14(21)20-9-13(17-18-15(20)16-10)11-4-6-12(7-5-11)19(2)3/h4-9,17H,1-3H3,(H,16,18). The summed E-state index contributed by atoms with van der Waals surface area (Å²) in [5.41, 5.74) is 9.54. The molecule has 1 aromatic carbocycles. The van der Waals surface area contributed by atoms with E-state index in [1.54, 1.807) is 13.1 Å². The number of benzene rings is 1. The number of aryl methyl sites for hydroxylation is 1. The van der Waals surface area contributed by atoms with Crippen LogP contribution in [0.5, 0.6) is 0 Å². The number of hydrogen-bond acceptors (Lipinski definition) is 5. The van der Waals surface area contributed by atoms with Crippen LogP contribution in [0.4, 0.5) is 11.6 Å². The Morgan fingerprint density at radius 1 is 1.14 bits per heavy atom. The average Bonchev–Trinajstić information content (AvgIpc) is 2.47. The average molecular weight is 283 g/mol. The minimum Gasteiger partial charge on any atom is -0.378 e. The Morgan fingerprint density at radius 2 is 1.86 bits per heavy atom. The molecule has 0 bridgehead atoms. The van der Waals surface area contributed by atoms with Crippen molar-refractivity contribution in [3.05, 3.63) is 51.9 Å². The Bertz CT molecular complexity index is 759. The van der Waals surface area contributed by atoms with Crippen molar-refractivity contribution in [3.8, 4) is 0 Å². The third-order valence-electron chi connectivity index (χ3n) is 3.34. The molecule has 1 aromatic heterocycles. The lowest BCUT2D eigenvalue weighted by Crippen LogP contribution is -2.32. The number of fused-ring (bicyclic) bond motifs is 1. The molecule has 108 valence electrons. The van der Waals surface area contributed by atoms with Gasteiger partial charge in [-0.05, 0) is 19.1 Å². The molecule has 0 amide bonds. The van der Waals surface area contributed by atoms with E-state index in [0.29, 0.717) is 11.6 Å². The molecule has 0 fully saturated rings. The van der Waals surface area contributed by atoms with Crippen LogP contribution in [0.1, 0.15) is 11.3 Å². The highest BCUT2D eigenvalue weighted by molar-refractivity contribution is 5.78. The number of anilines is 2. The summed E-state index contributed by atoms with van der Waals surface area (Å²) in [5, 5.41) is 0. The maximum atomic E-state index is 12.0. The predicted molar refractivity (Wildman–Crippen MR) is 84.9 cm³/mol. The van der Waals surface area contributed by atoms with Gasteiger partial charge in [0.2, 0.25) is 5.95 Å². The van der Waals surface area contributed by atoms with Crippen LogP contribution >= 0.6 is 0 Å². The lowest BCUT2D eigenvalue weighted by atomic mass is 10.1. The number of hydrazine groups is 1. The highest BCUT2D eigenvalue weighted by Gasteiger charge is 2.13. The van der Waals surface area contributed by atoms with E-state index in [2.05, 4.69) is 15.8 Å². The third kappa shape index (κ3) is 2.47. The van der Waals surface area contributed by atoms with Crippen LogP contribution in [0, 0.1) is 6.92 Å². The molecule has 1 aliphatic heterocycles. The zero-order chi connectivity index (χ0) is 15.0. The largest absolute Gasteiger partial charge is 0.378 e. The summed E-state index contributed by atoms with van der Waals surface area (Å²) < 4.78 is 1.50. The fourth-order valence-corrected chi connectivity index (χ4v) is 2.19. The third-order valence-corrected chi connectivity index (χ3v) is 3.34. The topological polar surface area (TPSA) is 62.2 Å². The van der Waals surface area contributed by atoms with Crippen LogP contribution in [0.15, 0.2) is 35.1 Å². The second-order valence-corrected chi connectivity index (χ2v) is 5.16. The van der Waals surface area contributed by atoms with Crippen LogP contribution in [0.25, 0.3) is 11.9 Å². The van der Waals surface area contributed by atoms with Crippen molar-refractivity contribution >= 4 is 23.5 Å². The molecule has 0 saturated carbocycles. The first kappa shape index (κ1) is 13.2. The normalized spacial score (nSPS) is 12.8. The zero-order valence-corrected chi connectivity index (χ0v) is 12.2. The minimum atomic E-state index is -0.103. The van der Waals surface area contributed by atoms with Gasteiger partial charge in [-0.1, -0.05) is 12.1 Å². The second-order valence-electron chi connectivity index (χ2n) is 5.16. The number of rotatable bonds is 2. The molecule has 0 spiro atoms. The highest BCUT2D eigenvalue weighted by atomic mass is 16.1. The van der Waals surface area contributed by atoms with E-state index in [9.17, 15) is 4.79 Å². The first-order valence-corrected chi connectivity index (χ1v) is 6.66. The summed E-state index contributed by atoms with van der Waals surface area (Å²) in [4.78, 5) is 18.3. The van der Waals surface area contributed by atoms with E-state index in [0.717, 1.165) is 16.9 Å². The number of nitrogens with zero attached hydrogens (tertiary/aromatic N) is 3. The van der Waals surface area contributed by atoms with Gasteiger partial charge in [0.15, 0.2) is 0 Å². The molecule has 6 heteroatoms. The molecule has 3 rings (SSSR count). The lowest BCUT2D eigenvalue weighted by molar-refractivity contribution is 0.887. The summed E-state index contributed by atoms with van der Waals surface area (Å²) >= 11 is 0.